The third kappa shape index (κ3) is 2.23. The number of amides is 1. The summed E-state index contributed by atoms with van der Waals surface area (Å²) >= 11 is 0. The van der Waals surface area contributed by atoms with Gasteiger partial charge >= 0.3 is 6.16 Å². The summed E-state index contributed by atoms with van der Waals surface area (Å²) < 4.78 is 16.7. The number of nitrogens with one attached hydrogen (secondary N) is 1. The molecule has 0 fully saturated rings. The molecule has 1 rings (SSSR count). The van der Waals surface area contributed by atoms with Crippen LogP contribution >= 0.6 is 0 Å². The fourth-order valence-electron chi connectivity index (χ4n) is 0.788. The van der Waals surface area contributed by atoms with Crippen LogP contribution in [-0.4, -0.2) is 13.3 Å². The molecule has 0 aliphatic carbocycles. The molecule has 0 saturated heterocycles. The molecule has 12 heavy (non-hydrogen) atoms. The van der Waals surface area contributed by atoms with Crippen LogP contribution in [0.3, 0.4) is 0 Å². The van der Waals surface area contributed by atoms with Gasteiger partial charge in [0, 0.05) is 5.69 Å². The highest BCUT2D eigenvalue weighted by Gasteiger charge is 1.97. The molecule has 0 atom stereocenters. The molecular weight excluding hydrogens is 161 g/mol. The largest absolute Gasteiger partial charge is 0.497 e. The lowest BCUT2D eigenvalue weighted by Gasteiger charge is -2.01. The van der Waals surface area contributed by atoms with Gasteiger partial charge in [0.05, 0.1) is 7.11 Å². The first-order chi connectivity index (χ1) is 5.72. The summed E-state index contributed by atoms with van der Waals surface area (Å²) in [5, 5.41) is 1.99. The molecule has 0 aliphatic heterocycles. The first-order valence-electron chi connectivity index (χ1n) is 3.33. The topological polar surface area (TPSA) is 38.3 Å². The van der Waals surface area contributed by atoms with E-state index in [0.717, 1.165) is 0 Å². The smallest absolute Gasteiger partial charge is 0.401 e. The first-order valence-corrected chi connectivity index (χ1v) is 3.33. The van der Waals surface area contributed by atoms with Crippen LogP contribution in [0.15, 0.2) is 24.3 Å². The number of carbonyl (C=O) groups is 1. The fraction of sp³-hybridized carbons (Fsp3) is 0.125. The zero-order valence-electron chi connectivity index (χ0n) is 6.50. The van der Waals surface area contributed by atoms with Crippen LogP contribution in [-0.2, 0) is 0 Å². The summed E-state index contributed by atoms with van der Waals surface area (Å²) in [5.41, 5.74) is 0.406. The molecule has 0 heterocycles. The summed E-state index contributed by atoms with van der Waals surface area (Å²) in [7, 11) is 1.53. The van der Waals surface area contributed by atoms with Gasteiger partial charge in [-0.2, -0.15) is 0 Å². The van der Waals surface area contributed by atoms with Crippen LogP contribution in [0.1, 0.15) is 0 Å². The summed E-state index contributed by atoms with van der Waals surface area (Å²) in [4.78, 5) is 9.96. The van der Waals surface area contributed by atoms with Crippen LogP contribution in [0.5, 0.6) is 5.75 Å². The van der Waals surface area contributed by atoms with Gasteiger partial charge in [-0.1, -0.05) is 0 Å². The van der Waals surface area contributed by atoms with E-state index in [1.807, 2.05) is 5.32 Å². The monoisotopic (exact) mass is 169 g/mol. The van der Waals surface area contributed by atoms with Gasteiger partial charge in [-0.3, -0.25) is 5.32 Å². The molecule has 64 valence electrons. The molecule has 1 amide bonds. The van der Waals surface area contributed by atoms with Crippen molar-refractivity contribution in [1.82, 2.24) is 0 Å². The van der Waals surface area contributed by atoms with Crippen molar-refractivity contribution < 1.29 is 13.9 Å². The quantitative estimate of drug-likeness (QED) is 0.544. The molecule has 0 aliphatic rings. The Hall–Kier alpha value is -1.58. The maximum absolute atomic E-state index is 11.8. The molecule has 3 nitrogen and oxygen atoms in total. The molecule has 1 aromatic carbocycles. The minimum atomic E-state index is -1.57. The van der Waals surface area contributed by atoms with Crippen molar-refractivity contribution in [2.24, 2.45) is 0 Å². The second kappa shape index (κ2) is 3.71. The minimum Gasteiger partial charge on any atom is -0.497 e. The first kappa shape index (κ1) is 8.52. The molecule has 0 bridgehead atoms. The van der Waals surface area contributed by atoms with Gasteiger partial charge < -0.3 is 4.74 Å². The Balaban J connectivity index is 2.71. The van der Waals surface area contributed by atoms with Crippen molar-refractivity contribution in [1.29, 1.82) is 0 Å². The highest BCUT2D eigenvalue weighted by atomic mass is 19.1. The van der Waals surface area contributed by atoms with Gasteiger partial charge in [-0.15, -0.1) is 4.39 Å². The zero-order valence-corrected chi connectivity index (χ0v) is 6.50. The van der Waals surface area contributed by atoms with Crippen molar-refractivity contribution in [3.8, 4) is 5.75 Å². The number of hydrogen-bond donors (Lipinski definition) is 1. The van der Waals surface area contributed by atoms with Crippen molar-refractivity contribution in [2.75, 3.05) is 12.4 Å². The van der Waals surface area contributed by atoms with E-state index in [2.05, 4.69) is 0 Å². The molecule has 0 aromatic heterocycles. The van der Waals surface area contributed by atoms with Crippen molar-refractivity contribution in [3.05, 3.63) is 24.3 Å². The van der Waals surface area contributed by atoms with Gasteiger partial charge in [0.2, 0.25) is 0 Å². The predicted octanol–water partition coefficient (Wildman–Crippen LogP) is 2.20. The number of methoxy groups -OCH3 is 1. The van der Waals surface area contributed by atoms with E-state index in [1.165, 1.54) is 7.11 Å². The molecule has 1 N–H and O–H groups in total. The van der Waals surface area contributed by atoms with Gasteiger partial charge in [-0.25, -0.2) is 4.79 Å². The lowest BCUT2D eigenvalue weighted by molar-refractivity contribution is 0.235. The van der Waals surface area contributed by atoms with Crippen LogP contribution < -0.4 is 10.1 Å². The Morgan fingerprint density at radius 2 is 2.00 bits per heavy atom. The van der Waals surface area contributed by atoms with E-state index in [4.69, 9.17) is 4.74 Å². The summed E-state index contributed by atoms with van der Waals surface area (Å²) in [5.74, 6) is 0.659. The highest BCUT2D eigenvalue weighted by molar-refractivity contribution is 5.83. The van der Waals surface area contributed by atoms with Crippen LogP contribution in [0.25, 0.3) is 0 Å². The fourth-order valence-corrected chi connectivity index (χ4v) is 0.788. The zero-order chi connectivity index (χ0) is 8.97. The number of ether oxygens (including phenoxy) is 1. The third-order valence-electron chi connectivity index (χ3n) is 1.33. The summed E-state index contributed by atoms with van der Waals surface area (Å²) in [6.07, 6.45) is -1.57. The molecule has 4 heteroatoms. The molecule has 0 radical (unpaired) electrons. The third-order valence-corrected chi connectivity index (χ3v) is 1.33. The Labute approximate surface area is 69.2 Å². The van der Waals surface area contributed by atoms with Gasteiger partial charge in [0.25, 0.3) is 0 Å². The maximum atomic E-state index is 11.8. The second-order valence-corrected chi connectivity index (χ2v) is 2.13. The minimum absolute atomic E-state index is 0.406. The van der Waals surface area contributed by atoms with Crippen molar-refractivity contribution in [2.45, 2.75) is 0 Å². The summed E-state index contributed by atoms with van der Waals surface area (Å²) in [6, 6.07) is 6.36. The van der Waals surface area contributed by atoms with Crippen LogP contribution in [0.4, 0.5) is 14.9 Å². The Morgan fingerprint density at radius 1 is 1.42 bits per heavy atom. The Bertz CT molecular complexity index is 271. The van der Waals surface area contributed by atoms with E-state index in [0.29, 0.717) is 11.4 Å². The number of rotatable bonds is 2. The number of anilines is 1. The number of carbonyl (C=O) groups excluding carboxylic acids is 1. The van der Waals surface area contributed by atoms with Crippen LogP contribution in [0.2, 0.25) is 0 Å². The Morgan fingerprint density at radius 3 is 2.42 bits per heavy atom. The Kier molecular flexibility index (Phi) is 2.63. The molecular formula is C8H8FNO2. The van der Waals surface area contributed by atoms with E-state index >= 15 is 0 Å². The van der Waals surface area contributed by atoms with Gasteiger partial charge in [0.15, 0.2) is 0 Å². The number of hydrogen-bond acceptors (Lipinski definition) is 2. The lowest BCUT2D eigenvalue weighted by atomic mass is 10.3. The molecule has 0 unspecified atom stereocenters. The highest BCUT2D eigenvalue weighted by Crippen LogP contribution is 2.14. The number of halogens is 1. The SMILES string of the molecule is COc1ccc(NC(=O)F)cc1. The summed E-state index contributed by atoms with van der Waals surface area (Å²) in [6.45, 7) is 0. The van der Waals surface area contributed by atoms with E-state index in [1.54, 1.807) is 24.3 Å². The lowest BCUT2D eigenvalue weighted by Crippen LogP contribution is -2.01. The van der Waals surface area contributed by atoms with E-state index < -0.39 is 6.16 Å². The molecule has 0 spiro atoms. The van der Waals surface area contributed by atoms with Crippen molar-refractivity contribution in [3.63, 3.8) is 0 Å². The normalized spacial score (nSPS) is 9.17. The molecule has 0 saturated carbocycles. The van der Waals surface area contributed by atoms with Gasteiger partial charge in [-0.05, 0) is 24.3 Å². The molecule has 1 aromatic rings. The van der Waals surface area contributed by atoms with E-state index in [9.17, 15) is 9.18 Å². The standard InChI is InChI=1S/C8H8FNO2/c1-12-7-4-2-6(3-5-7)10-8(9)11/h2-5H,1H3,(H,10,11). The van der Waals surface area contributed by atoms with Gasteiger partial charge in [0.1, 0.15) is 5.75 Å². The predicted molar refractivity (Wildman–Crippen MR) is 43.1 cm³/mol. The van der Waals surface area contributed by atoms with Crippen molar-refractivity contribution >= 4 is 11.8 Å². The van der Waals surface area contributed by atoms with Crippen LogP contribution in [0, 0.1) is 0 Å². The van der Waals surface area contributed by atoms with E-state index in [-0.39, 0.29) is 0 Å². The average molecular weight is 169 g/mol. The maximum Gasteiger partial charge on any atom is 0.401 e. The second-order valence-electron chi connectivity index (χ2n) is 2.13. The average Bonchev–Trinajstić information content (AvgIpc) is 2.05. The number of benzene rings is 1.